The summed E-state index contributed by atoms with van der Waals surface area (Å²) >= 11 is 0. The first-order chi connectivity index (χ1) is 7.84. The van der Waals surface area contributed by atoms with E-state index in [0.717, 1.165) is 18.2 Å². The zero-order chi connectivity index (χ0) is 11.0. The smallest absolute Gasteiger partial charge is 0.0373 e. The Balaban J connectivity index is 1.87. The van der Waals surface area contributed by atoms with Crippen molar-refractivity contribution in [2.24, 2.45) is 5.92 Å². The van der Waals surface area contributed by atoms with Gasteiger partial charge < -0.3 is 5.32 Å². The number of rotatable bonds is 1. The topological polar surface area (TPSA) is 24.9 Å². The molecule has 16 heavy (non-hydrogen) atoms. The average molecular weight is 214 g/mol. The molecule has 1 aliphatic heterocycles. The summed E-state index contributed by atoms with van der Waals surface area (Å²) in [7, 11) is 0. The first-order valence-corrected chi connectivity index (χ1v) is 6.21. The number of nitrogens with zero attached hydrogens (tertiary/aromatic N) is 1. The van der Waals surface area contributed by atoms with Crippen LogP contribution in [0.2, 0.25) is 0 Å². The van der Waals surface area contributed by atoms with Crippen LogP contribution in [0.25, 0.3) is 5.57 Å². The minimum Gasteiger partial charge on any atom is -0.310 e. The molecule has 3 rings (SSSR count). The fraction of sp³-hybridized carbons (Fsp3) is 0.500. The van der Waals surface area contributed by atoms with Crippen LogP contribution in [0, 0.1) is 12.8 Å². The molecule has 2 nitrogen and oxygen atoms in total. The Bertz CT molecular complexity index is 405. The highest BCUT2D eigenvalue weighted by Crippen LogP contribution is 2.36. The number of pyridine rings is 1. The van der Waals surface area contributed by atoms with Gasteiger partial charge in [0.05, 0.1) is 0 Å². The second kappa shape index (κ2) is 4.02. The number of aryl methyl sites for hydroxylation is 1. The number of allylic oxidation sites excluding steroid dienone is 1. The molecule has 1 aromatic rings. The zero-order valence-corrected chi connectivity index (χ0v) is 9.74. The van der Waals surface area contributed by atoms with Gasteiger partial charge in [0, 0.05) is 17.9 Å². The van der Waals surface area contributed by atoms with Crippen LogP contribution < -0.4 is 5.32 Å². The molecule has 1 aromatic heterocycles. The maximum Gasteiger partial charge on any atom is 0.0373 e. The maximum atomic E-state index is 4.39. The Labute approximate surface area is 96.8 Å². The van der Waals surface area contributed by atoms with Gasteiger partial charge in [0.2, 0.25) is 0 Å². The predicted molar refractivity (Wildman–Crippen MR) is 66.1 cm³/mol. The average Bonchev–Trinajstić information content (AvgIpc) is 2.74. The molecule has 1 N–H and O–H groups in total. The lowest BCUT2D eigenvalue weighted by Gasteiger charge is -2.29. The third-order valence-corrected chi connectivity index (χ3v) is 3.81. The molecule has 84 valence electrons. The molecule has 0 radical (unpaired) electrons. The largest absolute Gasteiger partial charge is 0.310 e. The summed E-state index contributed by atoms with van der Waals surface area (Å²) < 4.78 is 0. The van der Waals surface area contributed by atoms with E-state index in [1.54, 1.807) is 0 Å². The lowest BCUT2D eigenvalue weighted by Crippen LogP contribution is -2.39. The number of aromatic nitrogens is 1. The highest BCUT2D eigenvalue weighted by atomic mass is 14.9. The van der Waals surface area contributed by atoms with Crippen LogP contribution in [0.15, 0.2) is 24.4 Å². The number of hydrogen-bond donors (Lipinski definition) is 1. The second-order valence-electron chi connectivity index (χ2n) is 4.92. The summed E-state index contributed by atoms with van der Waals surface area (Å²) in [6.45, 7) is 3.20. The van der Waals surface area contributed by atoms with Crippen molar-refractivity contribution in [2.45, 2.75) is 32.2 Å². The van der Waals surface area contributed by atoms with Crippen molar-refractivity contribution in [1.29, 1.82) is 0 Å². The van der Waals surface area contributed by atoms with Crippen LogP contribution in [-0.2, 0) is 0 Å². The van der Waals surface area contributed by atoms with Crippen LogP contribution in [-0.4, -0.2) is 17.6 Å². The molecule has 1 aliphatic carbocycles. The summed E-state index contributed by atoms with van der Waals surface area (Å²) in [5, 5.41) is 3.65. The van der Waals surface area contributed by atoms with Gasteiger partial charge in [0.25, 0.3) is 0 Å². The van der Waals surface area contributed by atoms with Gasteiger partial charge in [-0.1, -0.05) is 12.1 Å². The first kappa shape index (κ1) is 10.0. The van der Waals surface area contributed by atoms with E-state index >= 15 is 0 Å². The van der Waals surface area contributed by atoms with Gasteiger partial charge in [-0.05, 0) is 55.9 Å². The van der Waals surface area contributed by atoms with Gasteiger partial charge in [-0.25, -0.2) is 0 Å². The Morgan fingerprint density at radius 2 is 2.31 bits per heavy atom. The molecular weight excluding hydrogens is 196 g/mol. The van der Waals surface area contributed by atoms with Gasteiger partial charge in [-0.15, -0.1) is 0 Å². The Kier molecular flexibility index (Phi) is 2.52. The maximum absolute atomic E-state index is 4.39. The van der Waals surface area contributed by atoms with Crippen molar-refractivity contribution in [3.63, 3.8) is 0 Å². The summed E-state index contributed by atoms with van der Waals surface area (Å²) in [5.74, 6) is 0.824. The van der Waals surface area contributed by atoms with E-state index in [0.29, 0.717) is 6.04 Å². The van der Waals surface area contributed by atoms with Gasteiger partial charge in [0.1, 0.15) is 0 Å². The lowest BCUT2D eigenvalue weighted by atomic mass is 9.89. The molecule has 2 heterocycles. The lowest BCUT2D eigenvalue weighted by molar-refractivity contribution is 0.346. The van der Waals surface area contributed by atoms with E-state index in [1.165, 1.54) is 30.4 Å². The molecule has 0 unspecified atom stereocenters. The molecule has 0 aromatic carbocycles. The predicted octanol–water partition coefficient (Wildman–Crippen LogP) is 2.55. The standard InChI is InChI=1S/C14H18N2/c1-10-4-5-12(9-16-10)13-7-6-11-3-2-8-15-14(11)13/h4-5,7,9,11,14-15H,2-3,6,8H2,1H3/t11-,14-/m1/s1. The third-order valence-electron chi connectivity index (χ3n) is 3.81. The van der Waals surface area contributed by atoms with Crippen molar-refractivity contribution in [3.05, 3.63) is 35.7 Å². The summed E-state index contributed by atoms with van der Waals surface area (Å²) in [5.41, 5.74) is 3.86. The molecule has 2 heteroatoms. The molecule has 1 fully saturated rings. The quantitative estimate of drug-likeness (QED) is 0.777. The van der Waals surface area contributed by atoms with Gasteiger partial charge in [0.15, 0.2) is 0 Å². The number of piperidine rings is 1. The Hall–Kier alpha value is -1.15. The van der Waals surface area contributed by atoms with Crippen LogP contribution in [0.3, 0.4) is 0 Å². The third kappa shape index (κ3) is 1.67. The van der Waals surface area contributed by atoms with Crippen molar-refractivity contribution < 1.29 is 0 Å². The minimum absolute atomic E-state index is 0.582. The van der Waals surface area contributed by atoms with Crippen molar-refractivity contribution >= 4 is 5.57 Å². The summed E-state index contributed by atoms with van der Waals surface area (Å²) in [6, 6.07) is 4.89. The SMILES string of the molecule is Cc1ccc(C2=CC[C@H]3CCCN[C@@H]23)cn1. The first-order valence-electron chi connectivity index (χ1n) is 6.21. The number of nitrogens with one attached hydrogen (secondary N) is 1. The van der Waals surface area contributed by atoms with E-state index in [9.17, 15) is 0 Å². The van der Waals surface area contributed by atoms with E-state index in [4.69, 9.17) is 0 Å². The normalized spacial score (nSPS) is 28.7. The highest BCUT2D eigenvalue weighted by molar-refractivity contribution is 5.71. The van der Waals surface area contributed by atoms with Crippen molar-refractivity contribution in [2.75, 3.05) is 6.54 Å². The number of hydrogen-bond acceptors (Lipinski definition) is 2. The molecular formula is C14H18N2. The number of fused-ring (bicyclic) bond motifs is 1. The molecule has 0 amide bonds. The molecule has 2 aliphatic rings. The van der Waals surface area contributed by atoms with Gasteiger partial charge in [-0.3, -0.25) is 4.98 Å². The molecule has 1 saturated heterocycles. The van der Waals surface area contributed by atoms with Crippen LogP contribution >= 0.6 is 0 Å². The van der Waals surface area contributed by atoms with Crippen molar-refractivity contribution in [3.8, 4) is 0 Å². The molecule has 2 atom stereocenters. The summed E-state index contributed by atoms with van der Waals surface area (Å²) in [6.07, 6.45) is 8.35. The summed E-state index contributed by atoms with van der Waals surface area (Å²) in [4.78, 5) is 4.39. The van der Waals surface area contributed by atoms with Crippen LogP contribution in [0.1, 0.15) is 30.5 Å². The van der Waals surface area contributed by atoms with E-state index in [1.807, 2.05) is 13.1 Å². The van der Waals surface area contributed by atoms with Crippen LogP contribution in [0.4, 0.5) is 0 Å². The fourth-order valence-electron chi connectivity index (χ4n) is 2.91. The minimum atomic E-state index is 0.582. The Morgan fingerprint density at radius 1 is 1.38 bits per heavy atom. The monoisotopic (exact) mass is 214 g/mol. The van der Waals surface area contributed by atoms with E-state index in [-0.39, 0.29) is 0 Å². The Morgan fingerprint density at radius 3 is 3.12 bits per heavy atom. The fourth-order valence-corrected chi connectivity index (χ4v) is 2.91. The molecule has 0 bridgehead atoms. The van der Waals surface area contributed by atoms with E-state index in [2.05, 4.69) is 28.5 Å². The zero-order valence-electron chi connectivity index (χ0n) is 9.74. The molecule has 0 spiro atoms. The molecule has 0 saturated carbocycles. The highest BCUT2D eigenvalue weighted by Gasteiger charge is 2.31. The van der Waals surface area contributed by atoms with Crippen LogP contribution in [0.5, 0.6) is 0 Å². The van der Waals surface area contributed by atoms with Gasteiger partial charge in [-0.2, -0.15) is 0 Å². The second-order valence-corrected chi connectivity index (χ2v) is 4.92. The van der Waals surface area contributed by atoms with Gasteiger partial charge >= 0.3 is 0 Å². The van der Waals surface area contributed by atoms with E-state index < -0.39 is 0 Å². The van der Waals surface area contributed by atoms with Crippen molar-refractivity contribution in [1.82, 2.24) is 10.3 Å².